The molecule has 1 fully saturated rings. The van der Waals surface area contributed by atoms with Crippen LogP contribution in [-0.4, -0.2) is 45.6 Å². The van der Waals surface area contributed by atoms with E-state index < -0.39 is 14.1 Å². The Kier molecular flexibility index (Phi) is 10.2. The molecule has 0 amide bonds. The molecule has 1 aromatic carbocycles. The highest BCUT2D eigenvalue weighted by Crippen LogP contribution is 2.38. The van der Waals surface area contributed by atoms with Gasteiger partial charge < -0.3 is 23.4 Å². The first-order chi connectivity index (χ1) is 16.2. The van der Waals surface area contributed by atoms with Crippen LogP contribution in [0.1, 0.15) is 60.5 Å². The van der Waals surface area contributed by atoms with E-state index in [1.54, 1.807) is 7.11 Å². The van der Waals surface area contributed by atoms with Gasteiger partial charge in [-0.1, -0.05) is 52.0 Å². The predicted octanol–water partition coefficient (Wildman–Crippen LogP) is 6.73. The summed E-state index contributed by atoms with van der Waals surface area (Å²) < 4.78 is 30.7. The lowest BCUT2D eigenvalue weighted by molar-refractivity contribution is -0.156. The normalized spacial score (nSPS) is 23.1. The number of ether oxygens (including phenoxy) is 4. The van der Waals surface area contributed by atoms with Gasteiger partial charge in [0.2, 0.25) is 0 Å². The summed E-state index contributed by atoms with van der Waals surface area (Å²) in [5.74, 6) is 3.04. The van der Waals surface area contributed by atoms with Crippen LogP contribution in [0.15, 0.2) is 36.4 Å². The average molecular weight is 503 g/mol. The van der Waals surface area contributed by atoms with Gasteiger partial charge in [0, 0.05) is 12.5 Å². The van der Waals surface area contributed by atoms with Crippen molar-refractivity contribution in [2.75, 3.05) is 7.11 Å². The first-order valence-corrected chi connectivity index (χ1v) is 15.5. The van der Waals surface area contributed by atoms with Crippen molar-refractivity contribution in [2.45, 2.75) is 110 Å². The number of methoxy groups -OCH3 is 1. The molecule has 0 unspecified atom stereocenters. The lowest BCUT2D eigenvalue weighted by Crippen LogP contribution is -2.44. The molecule has 5 atom stereocenters. The molecular formula is C29H46O5Si. The van der Waals surface area contributed by atoms with Crippen molar-refractivity contribution in [1.82, 2.24) is 0 Å². The minimum Gasteiger partial charge on any atom is -0.497 e. The van der Waals surface area contributed by atoms with Crippen molar-refractivity contribution in [3.63, 3.8) is 0 Å². The zero-order chi connectivity index (χ0) is 26.4. The molecule has 1 aromatic rings. The molecular weight excluding hydrogens is 456 g/mol. The average Bonchev–Trinajstić information content (AvgIpc) is 3.07. The van der Waals surface area contributed by atoms with E-state index in [0.29, 0.717) is 13.0 Å². The molecule has 0 aliphatic carbocycles. The van der Waals surface area contributed by atoms with Gasteiger partial charge in [0.25, 0.3) is 0 Å². The van der Waals surface area contributed by atoms with E-state index >= 15 is 0 Å². The number of hydrogen-bond acceptors (Lipinski definition) is 5. The van der Waals surface area contributed by atoms with E-state index in [-0.39, 0.29) is 35.4 Å². The second-order valence-corrected chi connectivity index (χ2v) is 16.3. The number of hydrogen-bond donors (Lipinski definition) is 0. The smallest absolute Gasteiger partial charge is 0.192 e. The second-order valence-electron chi connectivity index (χ2n) is 11.5. The third-order valence-electron chi connectivity index (χ3n) is 7.10. The van der Waals surface area contributed by atoms with Crippen molar-refractivity contribution in [3.05, 3.63) is 42.0 Å². The number of terminal acetylenes is 1. The highest BCUT2D eigenvalue weighted by atomic mass is 28.4. The lowest BCUT2D eigenvalue weighted by Gasteiger charge is -2.39. The largest absolute Gasteiger partial charge is 0.497 e. The van der Waals surface area contributed by atoms with E-state index in [1.165, 1.54) is 0 Å². The molecule has 0 radical (unpaired) electrons. The Balaban J connectivity index is 2.20. The van der Waals surface area contributed by atoms with Gasteiger partial charge in [0.05, 0.1) is 13.7 Å². The van der Waals surface area contributed by atoms with Gasteiger partial charge in [-0.25, -0.2) is 0 Å². The van der Waals surface area contributed by atoms with Crippen LogP contribution >= 0.6 is 0 Å². The molecule has 35 heavy (non-hydrogen) atoms. The minimum absolute atomic E-state index is 0.0908. The summed E-state index contributed by atoms with van der Waals surface area (Å²) in [6, 6.07) is 7.88. The summed E-state index contributed by atoms with van der Waals surface area (Å²) >= 11 is 0. The maximum absolute atomic E-state index is 6.62. The zero-order valence-electron chi connectivity index (χ0n) is 23.4. The van der Waals surface area contributed by atoms with E-state index in [9.17, 15) is 0 Å². The molecule has 0 spiro atoms. The van der Waals surface area contributed by atoms with Gasteiger partial charge in [-0.05, 0) is 62.5 Å². The van der Waals surface area contributed by atoms with Crippen LogP contribution in [0.3, 0.4) is 0 Å². The van der Waals surface area contributed by atoms with Gasteiger partial charge in [0.1, 0.15) is 24.1 Å². The van der Waals surface area contributed by atoms with Crippen LogP contribution in [0.4, 0.5) is 0 Å². The Bertz CT molecular complexity index is 863. The maximum atomic E-state index is 6.62. The highest BCUT2D eigenvalue weighted by molar-refractivity contribution is 6.74. The monoisotopic (exact) mass is 502 g/mol. The molecule has 5 nitrogen and oxygen atoms in total. The second kappa shape index (κ2) is 12.1. The zero-order valence-corrected chi connectivity index (χ0v) is 24.4. The van der Waals surface area contributed by atoms with Crippen LogP contribution in [0.2, 0.25) is 18.1 Å². The summed E-state index contributed by atoms with van der Waals surface area (Å²) in [4.78, 5) is 0. The fourth-order valence-electron chi connectivity index (χ4n) is 3.78. The molecule has 1 saturated heterocycles. The first-order valence-electron chi connectivity index (χ1n) is 12.6. The molecule has 0 aromatic heterocycles. The molecule has 0 saturated carbocycles. The molecule has 0 bridgehead atoms. The lowest BCUT2D eigenvalue weighted by atomic mass is 10.0. The summed E-state index contributed by atoms with van der Waals surface area (Å²) in [5, 5.41) is 0.164. The highest BCUT2D eigenvalue weighted by Gasteiger charge is 2.45. The van der Waals surface area contributed by atoms with Gasteiger partial charge in [-0.2, -0.15) is 0 Å². The quantitative estimate of drug-likeness (QED) is 0.191. The van der Waals surface area contributed by atoms with Crippen LogP contribution in [-0.2, 0) is 25.2 Å². The Hall–Kier alpha value is -1.62. The Morgan fingerprint density at radius 3 is 2.29 bits per heavy atom. The molecule has 2 rings (SSSR count). The number of benzene rings is 1. The summed E-state index contributed by atoms with van der Waals surface area (Å²) in [5.41, 5.74) is 1.05. The van der Waals surface area contributed by atoms with Crippen LogP contribution in [0, 0.1) is 18.3 Å². The van der Waals surface area contributed by atoms with Crippen molar-refractivity contribution < 1.29 is 23.4 Å². The summed E-state index contributed by atoms with van der Waals surface area (Å²) in [7, 11) is -0.202. The van der Waals surface area contributed by atoms with Gasteiger partial charge in [-0.3, -0.25) is 0 Å². The fraction of sp³-hybridized carbons (Fsp3) is 0.655. The molecule has 6 heteroatoms. The topological polar surface area (TPSA) is 46.2 Å². The van der Waals surface area contributed by atoms with Crippen LogP contribution in [0.25, 0.3) is 0 Å². The van der Waals surface area contributed by atoms with Gasteiger partial charge >= 0.3 is 0 Å². The molecule has 0 N–H and O–H groups in total. The van der Waals surface area contributed by atoms with E-state index in [2.05, 4.69) is 65.8 Å². The van der Waals surface area contributed by atoms with Crippen LogP contribution in [0.5, 0.6) is 5.75 Å². The fourth-order valence-corrected chi connectivity index (χ4v) is 5.28. The molecule has 196 valence electrons. The van der Waals surface area contributed by atoms with Crippen molar-refractivity contribution in [2.24, 2.45) is 5.92 Å². The maximum Gasteiger partial charge on any atom is 0.192 e. The molecule has 1 aliphatic heterocycles. The van der Waals surface area contributed by atoms with Crippen molar-refractivity contribution >= 4 is 8.32 Å². The molecule has 1 heterocycles. The van der Waals surface area contributed by atoms with Gasteiger partial charge in [-0.15, -0.1) is 12.3 Å². The number of rotatable bonds is 11. The summed E-state index contributed by atoms with van der Waals surface area (Å²) in [6.07, 6.45) is 9.60. The van der Waals surface area contributed by atoms with Crippen LogP contribution < -0.4 is 4.74 Å². The Morgan fingerprint density at radius 1 is 1.11 bits per heavy atom. The van der Waals surface area contributed by atoms with Crippen molar-refractivity contribution in [1.29, 1.82) is 0 Å². The minimum atomic E-state index is -1.86. The Labute approximate surface area is 214 Å². The first kappa shape index (κ1) is 29.6. The van der Waals surface area contributed by atoms with Crippen molar-refractivity contribution in [3.8, 4) is 18.1 Å². The predicted molar refractivity (Wildman–Crippen MR) is 145 cm³/mol. The van der Waals surface area contributed by atoms with E-state index in [0.717, 1.165) is 11.3 Å². The van der Waals surface area contributed by atoms with E-state index in [1.807, 2.05) is 38.1 Å². The Morgan fingerprint density at radius 2 is 1.74 bits per heavy atom. The molecule has 1 aliphatic rings. The SMILES string of the molecule is C#CC[C@@H]1OC(C)(C)O[C@@H]1[C@@H](/C=C\[C@@H](C)[C@@H](C)O[Si](C)(C)C(C)(C)C)OCc1ccc(OC)cc1. The standard InChI is InChI=1S/C29H46O5Si/c1-12-13-26-27(33-29(7,8)32-26)25(31-20-23-15-17-24(30-9)18-16-23)19-14-21(2)22(3)34-35(10,11)28(4,5)6/h1,14-19,21-22,25-27H,13,20H2,2-11H3/b19-14-/t21-,22-,25-,26+,27-/m1/s1. The van der Waals surface area contributed by atoms with Gasteiger partial charge in [0.15, 0.2) is 14.1 Å². The summed E-state index contributed by atoms with van der Waals surface area (Å²) in [6.45, 7) is 20.0. The van der Waals surface area contributed by atoms with E-state index in [4.69, 9.17) is 29.8 Å². The third kappa shape index (κ3) is 8.47. The third-order valence-corrected chi connectivity index (χ3v) is 11.7.